The van der Waals surface area contributed by atoms with Gasteiger partial charge >= 0.3 is 0 Å². The molecule has 0 fully saturated rings. The van der Waals surface area contributed by atoms with Gasteiger partial charge in [0.05, 0.1) is 23.9 Å². The van der Waals surface area contributed by atoms with Crippen molar-refractivity contribution in [2.75, 3.05) is 51.9 Å². The Balaban J connectivity index is 3.08. The Labute approximate surface area is 144 Å². The molecule has 0 heterocycles. The van der Waals surface area contributed by atoms with Crippen molar-refractivity contribution in [3.63, 3.8) is 0 Å². The molecule has 1 rings (SSSR count). The highest BCUT2D eigenvalue weighted by Crippen LogP contribution is 2.31. The first-order chi connectivity index (χ1) is 11.0. The number of hydrogen-bond donors (Lipinski definition) is 1. The molecule has 0 saturated carbocycles. The zero-order valence-electron chi connectivity index (χ0n) is 14.6. The van der Waals surface area contributed by atoms with E-state index >= 15 is 0 Å². The van der Waals surface area contributed by atoms with E-state index in [4.69, 9.17) is 4.74 Å². The number of anilines is 1. The lowest BCUT2D eigenvalue weighted by Crippen LogP contribution is -2.28. The van der Waals surface area contributed by atoms with Crippen LogP contribution in [0.5, 0.6) is 5.75 Å². The monoisotopic (exact) mass is 379 g/mol. The van der Waals surface area contributed by atoms with Gasteiger partial charge in [-0.15, -0.1) is 0 Å². The first-order valence-electron chi connectivity index (χ1n) is 7.25. The minimum absolute atomic E-state index is 0.0151. The van der Waals surface area contributed by atoms with E-state index < -0.39 is 20.0 Å². The van der Waals surface area contributed by atoms with Crippen LogP contribution >= 0.6 is 0 Å². The van der Waals surface area contributed by atoms with Gasteiger partial charge in [-0.25, -0.2) is 21.6 Å². The lowest BCUT2D eigenvalue weighted by Gasteiger charge is -2.20. The normalized spacial score (nSPS) is 12.4. The average molecular weight is 380 g/mol. The molecular weight excluding hydrogens is 354 g/mol. The van der Waals surface area contributed by atoms with Crippen LogP contribution in [0.4, 0.5) is 5.69 Å². The summed E-state index contributed by atoms with van der Waals surface area (Å²) in [7, 11) is -0.730. The molecule has 8 nitrogen and oxygen atoms in total. The molecule has 24 heavy (non-hydrogen) atoms. The van der Waals surface area contributed by atoms with Crippen LogP contribution in [0.2, 0.25) is 0 Å². The van der Waals surface area contributed by atoms with E-state index in [9.17, 15) is 16.8 Å². The van der Waals surface area contributed by atoms with Crippen LogP contribution in [-0.4, -0.2) is 69.3 Å². The van der Waals surface area contributed by atoms with E-state index in [0.717, 1.165) is 17.1 Å². The summed E-state index contributed by atoms with van der Waals surface area (Å²) in [6, 6.07) is 4.10. The van der Waals surface area contributed by atoms with E-state index in [2.05, 4.69) is 4.72 Å². The molecule has 1 aromatic carbocycles. The highest BCUT2D eigenvalue weighted by atomic mass is 32.2. The minimum Gasteiger partial charge on any atom is -0.495 e. The molecule has 0 spiro atoms. The lowest BCUT2D eigenvalue weighted by atomic mass is 10.3. The second kappa shape index (κ2) is 8.15. The predicted molar refractivity (Wildman–Crippen MR) is 94.6 cm³/mol. The number of benzene rings is 1. The molecular formula is C14H25N3O5S2. The maximum atomic E-state index is 12.4. The highest BCUT2D eigenvalue weighted by Gasteiger charge is 2.21. The molecule has 0 aliphatic rings. The van der Waals surface area contributed by atoms with Crippen molar-refractivity contribution in [3.8, 4) is 5.75 Å². The number of rotatable bonds is 9. The number of nitrogens with one attached hydrogen (secondary N) is 1. The molecule has 10 heteroatoms. The van der Waals surface area contributed by atoms with Gasteiger partial charge in [0.1, 0.15) is 5.75 Å². The third-order valence-corrected chi connectivity index (χ3v) is 6.02. The minimum atomic E-state index is -3.73. The first kappa shape index (κ1) is 20.7. The molecule has 0 radical (unpaired) electrons. The summed E-state index contributed by atoms with van der Waals surface area (Å²) in [6.07, 6.45) is 1.70. The Hall–Kier alpha value is -1.36. The lowest BCUT2D eigenvalue weighted by molar-refractivity contribution is 0.400. The fraction of sp³-hybridized carbons (Fsp3) is 0.571. The number of hydrogen-bond acceptors (Lipinski definition) is 6. The van der Waals surface area contributed by atoms with Crippen LogP contribution in [0.25, 0.3) is 0 Å². The largest absolute Gasteiger partial charge is 0.495 e. The fourth-order valence-electron chi connectivity index (χ4n) is 1.95. The molecule has 1 aromatic rings. The summed E-state index contributed by atoms with van der Waals surface area (Å²) >= 11 is 0. The van der Waals surface area contributed by atoms with Crippen molar-refractivity contribution in [3.05, 3.63) is 18.2 Å². The van der Waals surface area contributed by atoms with Gasteiger partial charge in [-0.2, -0.15) is 0 Å². The van der Waals surface area contributed by atoms with Crippen molar-refractivity contribution in [1.29, 1.82) is 0 Å². The quantitative estimate of drug-likeness (QED) is 0.621. The van der Waals surface area contributed by atoms with Gasteiger partial charge in [0.2, 0.25) is 20.0 Å². The van der Waals surface area contributed by atoms with Crippen LogP contribution in [-0.2, 0) is 20.0 Å². The van der Waals surface area contributed by atoms with Crippen LogP contribution in [0.3, 0.4) is 0 Å². The number of sulfonamides is 2. The maximum Gasteiger partial charge on any atom is 0.240 e. The second-order valence-electron chi connectivity index (χ2n) is 5.62. The number of nitrogens with zero attached hydrogens (tertiary/aromatic N) is 2. The van der Waals surface area contributed by atoms with E-state index in [0.29, 0.717) is 13.0 Å². The zero-order valence-corrected chi connectivity index (χ0v) is 16.2. The topological polar surface area (TPSA) is 96.0 Å². The van der Waals surface area contributed by atoms with Crippen LogP contribution < -0.4 is 13.8 Å². The summed E-state index contributed by atoms with van der Waals surface area (Å²) in [5.41, 5.74) is 0.163. The van der Waals surface area contributed by atoms with E-state index in [1.807, 2.05) is 19.0 Å². The van der Waals surface area contributed by atoms with Crippen LogP contribution in [0.15, 0.2) is 23.1 Å². The van der Waals surface area contributed by atoms with Gasteiger partial charge in [0, 0.05) is 13.6 Å². The van der Waals surface area contributed by atoms with E-state index in [-0.39, 0.29) is 16.3 Å². The second-order valence-corrected chi connectivity index (χ2v) is 9.40. The third-order valence-electron chi connectivity index (χ3n) is 3.37. The van der Waals surface area contributed by atoms with Crippen molar-refractivity contribution in [1.82, 2.24) is 9.62 Å². The van der Waals surface area contributed by atoms with E-state index in [1.165, 1.54) is 32.4 Å². The molecule has 0 atom stereocenters. The van der Waals surface area contributed by atoms with Crippen molar-refractivity contribution >= 4 is 25.7 Å². The summed E-state index contributed by atoms with van der Waals surface area (Å²) in [4.78, 5) is 1.94. The highest BCUT2D eigenvalue weighted by molar-refractivity contribution is 7.92. The van der Waals surface area contributed by atoms with Gasteiger partial charge in [-0.3, -0.25) is 4.31 Å². The van der Waals surface area contributed by atoms with Crippen molar-refractivity contribution in [2.24, 2.45) is 0 Å². The Morgan fingerprint density at radius 2 is 1.75 bits per heavy atom. The zero-order chi connectivity index (χ0) is 18.5. The van der Waals surface area contributed by atoms with Gasteiger partial charge in [-0.05, 0) is 45.3 Å². The maximum absolute atomic E-state index is 12.4. The Morgan fingerprint density at radius 1 is 1.12 bits per heavy atom. The number of ether oxygens (including phenoxy) is 1. The van der Waals surface area contributed by atoms with Crippen LogP contribution in [0, 0.1) is 0 Å². The smallest absolute Gasteiger partial charge is 0.240 e. The molecule has 0 saturated heterocycles. The first-order valence-corrected chi connectivity index (χ1v) is 10.6. The predicted octanol–water partition coefficient (Wildman–Crippen LogP) is 0.321. The van der Waals surface area contributed by atoms with Crippen molar-refractivity contribution < 1.29 is 21.6 Å². The number of methoxy groups -OCH3 is 1. The Morgan fingerprint density at radius 3 is 2.25 bits per heavy atom. The molecule has 0 bridgehead atoms. The van der Waals surface area contributed by atoms with Crippen LogP contribution in [0.1, 0.15) is 6.42 Å². The molecule has 0 amide bonds. The van der Waals surface area contributed by atoms with Crippen molar-refractivity contribution in [2.45, 2.75) is 11.3 Å². The summed E-state index contributed by atoms with van der Waals surface area (Å²) in [5, 5.41) is 0. The summed E-state index contributed by atoms with van der Waals surface area (Å²) in [6.45, 7) is 1.05. The van der Waals surface area contributed by atoms with E-state index in [1.54, 1.807) is 0 Å². The SMILES string of the molecule is COc1ccc(S(=O)(=O)NCCCN(C)C)cc1N(C)S(C)(=O)=O. The molecule has 138 valence electrons. The molecule has 0 aliphatic heterocycles. The molecule has 0 unspecified atom stereocenters. The summed E-state index contributed by atoms with van der Waals surface area (Å²) in [5.74, 6) is 0.273. The van der Waals surface area contributed by atoms with Gasteiger partial charge in [0.25, 0.3) is 0 Å². The van der Waals surface area contributed by atoms with Gasteiger partial charge in [0.15, 0.2) is 0 Å². The molecule has 0 aliphatic carbocycles. The third kappa shape index (κ3) is 5.62. The molecule has 1 N–H and O–H groups in total. The summed E-state index contributed by atoms with van der Waals surface area (Å²) < 4.78 is 56.8. The fourth-order valence-corrected chi connectivity index (χ4v) is 3.54. The Bertz CT molecular complexity index is 761. The standard InChI is InChI=1S/C14H25N3O5S2/c1-16(2)10-6-9-15-24(20,21)12-7-8-14(22-4)13(11-12)17(3)23(5,18)19/h7-8,11,15H,6,9-10H2,1-5H3. The average Bonchev–Trinajstić information content (AvgIpc) is 2.49. The Kier molecular flexibility index (Phi) is 7.02. The molecule has 0 aromatic heterocycles. The van der Waals surface area contributed by atoms with Gasteiger partial charge in [-0.1, -0.05) is 0 Å². The van der Waals surface area contributed by atoms with Gasteiger partial charge < -0.3 is 9.64 Å².